The standard InChI is InChI=1S/C19H23ClN2O4/c1-12(18(24)21-15-8-6-14(20)7-9-15)26-19(25)13-10-17(23)22(11-13)16-4-2-3-5-16/h6-9,12-13,16H,2-5,10-11H2,1H3,(H,21,24)/t12-,13+/m0/s1. The second-order valence-electron chi connectivity index (χ2n) is 6.96. The van der Waals surface area contributed by atoms with Crippen LogP contribution in [-0.2, 0) is 19.1 Å². The summed E-state index contributed by atoms with van der Waals surface area (Å²) in [4.78, 5) is 38.6. The van der Waals surface area contributed by atoms with Crippen LogP contribution in [0.3, 0.4) is 0 Å². The van der Waals surface area contributed by atoms with Gasteiger partial charge >= 0.3 is 5.97 Å². The van der Waals surface area contributed by atoms with Crippen LogP contribution in [0.25, 0.3) is 0 Å². The molecule has 140 valence electrons. The molecule has 2 fully saturated rings. The van der Waals surface area contributed by atoms with Crippen LogP contribution in [0.15, 0.2) is 24.3 Å². The fraction of sp³-hybridized carbons (Fsp3) is 0.526. The highest BCUT2D eigenvalue weighted by Crippen LogP contribution is 2.30. The molecule has 2 atom stereocenters. The number of anilines is 1. The Hall–Kier alpha value is -2.08. The monoisotopic (exact) mass is 378 g/mol. The molecule has 1 saturated heterocycles. The lowest BCUT2D eigenvalue weighted by Gasteiger charge is -2.24. The van der Waals surface area contributed by atoms with E-state index in [1.807, 2.05) is 4.90 Å². The number of benzene rings is 1. The van der Waals surface area contributed by atoms with E-state index in [1.165, 1.54) is 6.92 Å². The van der Waals surface area contributed by atoms with E-state index in [4.69, 9.17) is 16.3 Å². The first kappa shape index (κ1) is 18.7. The van der Waals surface area contributed by atoms with Gasteiger partial charge in [0, 0.05) is 29.7 Å². The van der Waals surface area contributed by atoms with Gasteiger partial charge in [-0.15, -0.1) is 0 Å². The molecule has 1 aliphatic heterocycles. The van der Waals surface area contributed by atoms with Gasteiger partial charge in [0.15, 0.2) is 6.10 Å². The van der Waals surface area contributed by atoms with Gasteiger partial charge in [0.2, 0.25) is 5.91 Å². The van der Waals surface area contributed by atoms with Crippen molar-refractivity contribution in [1.29, 1.82) is 0 Å². The number of ether oxygens (including phenoxy) is 1. The van der Waals surface area contributed by atoms with Gasteiger partial charge < -0.3 is 15.0 Å². The average molecular weight is 379 g/mol. The summed E-state index contributed by atoms with van der Waals surface area (Å²) in [5.41, 5.74) is 0.575. The van der Waals surface area contributed by atoms with Gasteiger partial charge in [-0.1, -0.05) is 24.4 Å². The van der Waals surface area contributed by atoms with Crippen molar-refractivity contribution in [3.63, 3.8) is 0 Å². The molecule has 1 saturated carbocycles. The zero-order valence-corrected chi connectivity index (χ0v) is 15.5. The fourth-order valence-electron chi connectivity index (χ4n) is 3.56. The number of amides is 2. The molecule has 1 heterocycles. The van der Waals surface area contributed by atoms with Gasteiger partial charge in [-0.25, -0.2) is 0 Å². The highest BCUT2D eigenvalue weighted by atomic mass is 35.5. The van der Waals surface area contributed by atoms with Crippen LogP contribution >= 0.6 is 11.6 Å². The third-order valence-corrected chi connectivity index (χ3v) is 5.28. The molecule has 0 spiro atoms. The van der Waals surface area contributed by atoms with Crippen LogP contribution in [0, 0.1) is 5.92 Å². The number of nitrogens with one attached hydrogen (secondary N) is 1. The van der Waals surface area contributed by atoms with Crippen LogP contribution in [0.2, 0.25) is 5.02 Å². The summed E-state index contributed by atoms with van der Waals surface area (Å²) in [6.07, 6.45) is 3.51. The Bertz CT molecular complexity index is 685. The first-order valence-electron chi connectivity index (χ1n) is 9.00. The second-order valence-corrected chi connectivity index (χ2v) is 7.40. The smallest absolute Gasteiger partial charge is 0.312 e. The molecule has 0 radical (unpaired) electrons. The Labute approximate surface area is 157 Å². The molecule has 1 aliphatic carbocycles. The zero-order valence-electron chi connectivity index (χ0n) is 14.7. The lowest BCUT2D eigenvalue weighted by Crippen LogP contribution is -2.36. The van der Waals surface area contributed by atoms with Crippen molar-refractivity contribution >= 4 is 35.1 Å². The molecule has 26 heavy (non-hydrogen) atoms. The molecule has 3 rings (SSSR count). The average Bonchev–Trinajstić information content (AvgIpc) is 3.26. The second kappa shape index (κ2) is 8.08. The van der Waals surface area contributed by atoms with E-state index in [1.54, 1.807) is 24.3 Å². The van der Waals surface area contributed by atoms with Crippen LogP contribution < -0.4 is 5.32 Å². The molecule has 7 heteroatoms. The zero-order chi connectivity index (χ0) is 18.7. The number of likely N-dealkylation sites (tertiary alicyclic amines) is 1. The molecule has 2 aliphatic rings. The van der Waals surface area contributed by atoms with Crippen LogP contribution in [-0.4, -0.2) is 41.4 Å². The first-order valence-corrected chi connectivity index (χ1v) is 9.38. The van der Waals surface area contributed by atoms with E-state index < -0.39 is 23.9 Å². The highest BCUT2D eigenvalue weighted by Gasteiger charge is 2.40. The number of hydrogen-bond donors (Lipinski definition) is 1. The molecule has 1 aromatic carbocycles. The summed E-state index contributed by atoms with van der Waals surface area (Å²) in [6, 6.07) is 6.92. The summed E-state index contributed by atoms with van der Waals surface area (Å²) < 4.78 is 5.30. The normalized spacial score (nSPS) is 21.7. The van der Waals surface area contributed by atoms with E-state index in [0.29, 0.717) is 17.3 Å². The van der Waals surface area contributed by atoms with Crippen LogP contribution in [0.5, 0.6) is 0 Å². The van der Waals surface area contributed by atoms with E-state index >= 15 is 0 Å². The topological polar surface area (TPSA) is 75.7 Å². The number of hydrogen-bond acceptors (Lipinski definition) is 4. The number of nitrogens with zero attached hydrogens (tertiary/aromatic N) is 1. The molecular formula is C19H23ClN2O4. The number of carbonyl (C=O) groups excluding carboxylic acids is 3. The molecule has 0 unspecified atom stereocenters. The van der Waals surface area contributed by atoms with Gasteiger partial charge in [-0.05, 0) is 44.0 Å². The van der Waals surface area contributed by atoms with Crippen molar-refractivity contribution in [2.75, 3.05) is 11.9 Å². The van der Waals surface area contributed by atoms with Crippen LogP contribution in [0.4, 0.5) is 5.69 Å². The fourth-order valence-corrected chi connectivity index (χ4v) is 3.69. The van der Waals surface area contributed by atoms with Gasteiger partial charge in [0.05, 0.1) is 5.92 Å². The minimum absolute atomic E-state index is 0.0112. The maximum absolute atomic E-state index is 12.4. The number of esters is 1. The first-order chi connectivity index (χ1) is 12.4. The van der Waals surface area contributed by atoms with Gasteiger partial charge in [0.25, 0.3) is 5.91 Å². The van der Waals surface area contributed by atoms with Gasteiger partial charge in [-0.2, -0.15) is 0 Å². The third-order valence-electron chi connectivity index (χ3n) is 5.03. The van der Waals surface area contributed by atoms with E-state index in [-0.39, 0.29) is 18.4 Å². The summed E-state index contributed by atoms with van der Waals surface area (Å²) in [6.45, 7) is 1.92. The maximum Gasteiger partial charge on any atom is 0.312 e. The minimum Gasteiger partial charge on any atom is -0.452 e. The Morgan fingerprint density at radius 3 is 2.54 bits per heavy atom. The maximum atomic E-state index is 12.4. The third kappa shape index (κ3) is 4.36. The minimum atomic E-state index is -0.936. The number of carbonyl (C=O) groups is 3. The van der Waals surface area contributed by atoms with E-state index in [0.717, 1.165) is 25.7 Å². The van der Waals surface area contributed by atoms with Crippen molar-refractivity contribution in [1.82, 2.24) is 4.90 Å². The van der Waals surface area contributed by atoms with E-state index in [9.17, 15) is 14.4 Å². The Balaban J connectivity index is 1.51. The lowest BCUT2D eigenvalue weighted by atomic mass is 10.1. The van der Waals surface area contributed by atoms with Gasteiger partial charge in [0.1, 0.15) is 0 Å². The molecule has 2 amide bonds. The van der Waals surface area contributed by atoms with Crippen molar-refractivity contribution in [3.05, 3.63) is 29.3 Å². The molecule has 1 aromatic rings. The Morgan fingerprint density at radius 1 is 1.23 bits per heavy atom. The summed E-state index contributed by atoms with van der Waals surface area (Å²) in [5.74, 6) is -1.39. The molecular weight excluding hydrogens is 356 g/mol. The lowest BCUT2D eigenvalue weighted by molar-refractivity contribution is -0.157. The molecule has 6 nitrogen and oxygen atoms in total. The molecule has 0 bridgehead atoms. The predicted octanol–water partition coefficient (Wildman–Crippen LogP) is 3.00. The summed E-state index contributed by atoms with van der Waals surface area (Å²) >= 11 is 5.81. The largest absolute Gasteiger partial charge is 0.452 e. The van der Waals surface area contributed by atoms with Gasteiger partial charge in [-0.3, -0.25) is 14.4 Å². The van der Waals surface area contributed by atoms with Crippen molar-refractivity contribution in [3.8, 4) is 0 Å². The quantitative estimate of drug-likeness (QED) is 0.799. The van der Waals surface area contributed by atoms with Crippen molar-refractivity contribution < 1.29 is 19.1 Å². The Kier molecular flexibility index (Phi) is 5.81. The Morgan fingerprint density at radius 2 is 1.88 bits per heavy atom. The van der Waals surface area contributed by atoms with Crippen LogP contribution in [0.1, 0.15) is 39.0 Å². The van der Waals surface area contributed by atoms with Crippen molar-refractivity contribution in [2.45, 2.75) is 51.2 Å². The number of rotatable bonds is 5. The highest BCUT2D eigenvalue weighted by molar-refractivity contribution is 6.30. The molecule has 1 N–H and O–H groups in total. The summed E-state index contributed by atoms with van der Waals surface area (Å²) in [5, 5.41) is 3.24. The number of halogens is 1. The summed E-state index contributed by atoms with van der Waals surface area (Å²) in [7, 11) is 0. The SMILES string of the molecule is C[C@H](OC(=O)[C@@H]1CC(=O)N(C2CCCC2)C1)C(=O)Nc1ccc(Cl)cc1. The van der Waals surface area contributed by atoms with Crippen molar-refractivity contribution in [2.24, 2.45) is 5.92 Å². The predicted molar refractivity (Wildman–Crippen MR) is 97.7 cm³/mol. The molecule has 0 aromatic heterocycles. The van der Waals surface area contributed by atoms with E-state index in [2.05, 4.69) is 5.32 Å².